The molecule has 0 amide bonds. The van der Waals surface area contributed by atoms with Crippen molar-refractivity contribution in [1.82, 2.24) is 5.32 Å². The zero-order valence-corrected chi connectivity index (χ0v) is 17.0. The van der Waals surface area contributed by atoms with Gasteiger partial charge in [-0.05, 0) is 49.6 Å². The Hall–Kier alpha value is -2.82. The fourth-order valence-electron chi connectivity index (χ4n) is 3.27. The standard InChI is InChI=1S/C25H29NO3/c1-25(2,16-19-12-14-21(27)15-13-19)26-17-22(28)18-29-24-11-7-6-10-23(24)20-8-4-3-5-9-20/h3-15,22,26-28H,16-18H2,1-2H3/t22-/m0/s1. The Morgan fingerprint density at radius 3 is 2.28 bits per heavy atom. The zero-order valence-electron chi connectivity index (χ0n) is 17.0. The van der Waals surface area contributed by atoms with Crippen molar-refractivity contribution in [3.63, 3.8) is 0 Å². The van der Waals surface area contributed by atoms with Gasteiger partial charge in [0.1, 0.15) is 24.2 Å². The molecular weight excluding hydrogens is 362 g/mol. The molecule has 29 heavy (non-hydrogen) atoms. The van der Waals surface area contributed by atoms with Crippen LogP contribution in [-0.2, 0) is 6.42 Å². The number of aliphatic hydroxyl groups excluding tert-OH is 1. The lowest BCUT2D eigenvalue weighted by Gasteiger charge is -2.28. The smallest absolute Gasteiger partial charge is 0.127 e. The summed E-state index contributed by atoms with van der Waals surface area (Å²) in [6.45, 7) is 4.83. The number of hydrogen-bond acceptors (Lipinski definition) is 4. The molecule has 0 saturated carbocycles. The van der Waals surface area contributed by atoms with Gasteiger partial charge in [0.2, 0.25) is 0 Å². The van der Waals surface area contributed by atoms with Crippen molar-refractivity contribution in [2.24, 2.45) is 0 Å². The topological polar surface area (TPSA) is 61.7 Å². The van der Waals surface area contributed by atoms with Gasteiger partial charge in [0, 0.05) is 17.6 Å². The molecule has 0 fully saturated rings. The van der Waals surface area contributed by atoms with Gasteiger partial charge in [-0.25, -0.2) is 0 Å². The van der Waals surface area contributed by atoms with Crippen LogP contribution in [-0.4, -0.2) is 35.0 Å². The highest BCUT2D eigenvalue weighted by molar-refractivity contribution is 5.70. The number of nitrogens with one attached hydrogen (secondary N) is 1. The van der Waals surface area contributed by atoms with Gasteiger partial charge in [-0.3, -0.25) is 0 Å². The molecular formula is C25H29NO3. The number of rotatable bonds is 9. The van der Waals surface area contributed by atoms with Crippen molar-refractivity contribution < 1.29 is 14.9 Å². The molecule has 0 aromatic heterocycles. The minimum absolute atomic E-state index is 0.195. The molecule has 4 heteroatoms. The molecule has 0 unspecified atom stereocenters. The van der Waals surface area contributed by atoms with Crippen molar-refractivity contribution in [3.8, 4) is 22.6 Å². The summed E-state index contributed by atoms with van der Waals surface area (Å²) >= 11 is 0. The first-order valence-corrected chi connectivity index (χ1v) is 9.91. The first-order valence-electron chi connectivity index (χ1n) is 9.91. The SMILES string of the molecule is CC(C)(Cc1ccc(O)cc1)NC[C@H](O)COc1ccccc1-c1ccccc1. The predicted molar refractivity (Wildman–Crippen MR) is 117 cm³/mol. The van der Waals surface area contributed by atoms with E-state index >= 15 is 0 Å². The number of β-amino-alcohol motifs (C(OH)–C–C–N with tert-alkyl or cyclic N) is 1. The van der Waals surface area contributed by atoms with Gasteiger partial charge in [-0.15, -0.1) is 0 Å². The molecule has 0 radical (unpaired) electrons. The van der Waals surface area contributed by atoms with Gasteiger partial charge in [-0.2, -0.15) is 0 Å². The molecule has 4 nitrogen and oxygen atoms in total. The van der Waals surface area contributed by atoms with Gasteiger partial charge in [-0.1, -0.05) is 60.7 Å². The van der Waals surface area contributed by atoms with E-state index in [4.69, 9.17) is 4.74 Å². The van der Waals surface area contributed by atoms with Crippen LogP contribution in [0.2, 0.25) is 0 Å². The third-order valence-corrected chi connectivity index (χ3v) is 4.80. The van der Waals surface area contributed by atoms with Gasteiger partial charge in [0.15, 0.2) is 0 Å². The van der Waals surface area contributed by atoms with Crippen molar-refractivity contribution in [2.75, 3.05) is 13.2 Å². The van der Waals surface area contributed by atoms with Crippen LogP contribution in [0.5, 0.6) is 11.5 Å². The van der Waals surface area contributed by atoms with E-state index < -0.39 is 6.10 Å². The largest absolute Gasteiger partial charge is 0.508 e. The van der Waals surface area contributed by atoms with E-state index in [0.717, 1.165) is 28.9 Å². The van der Waals surface area contributed by atoms with E-state index in [0.29, 0.717) is 6.54 Å². The maximum Gasteiger partial charge on any atom is 0.127 e. The van der Waals surface area contributed by atoms with Crippen LogP contribution < -0.4 is 10.1 Å². The normalized spacial score (nSPS) is 12.5. The molecule has 3 N–H and O–H groups in total. The van der Waals surface area contributed by atoms with Crippen molar-refractivity contribution in [3.05, 3.63) is 84.4 Å². The number of para-hydroxylation sites is 1. The maximum absolute atomic E-state index is 10.4. The summed E-state index contributed by atoms with van der Waals surface area (Å²) in [4.78, 5) is 0. The van der Waals surface area contributed by atoms with E-state index in [1.54, 1.807) is 12.1 Å². The Balaban J connectivity index is 1.53. The van der Waals surface area contributed by atoms with Crippen molar-refractivity contribution in [1.29, 1.82) is 0 Å². The lowest BCUT2D eigenvalue weighted by molar-refractivity contribution is 0.0991. The summed E-state index contributed by atoms with van der Waals surface area (Å²) in [6, 6.07) is 25.2. The second kappa shape index (κ2) is 9.59. The minimum Gasteiger partial charge on any atom is -0.508 e. The Kier molecular flexibility index (Phi) is 6.91. The first kappa shape index (κ1) is 20.9. The Morgan fingerprint density at radius 2 is 1.55 bits per heavy atom. The minimum atomic E-state index is -0.627. The number of hydrogen-bond donors (Lipinski definition) is 3. The Bertz CT molecular complexity index is 891. The molecule has 1 atom stereocenters. The average Bonchev–Trinajstić information content (AvgIpc) is 2.73. The van der Waals surface area contributed by atoms with Crippen LogP contribution in [0.3, 0.4) is 0 Å². The van der Waals surface area contributed by atoms with Crippen LogP contribution >= 0.6 is 0 Å². The molecule has 0 heterocycles. The number of aliphatic hydroxyl groups is 1. The van der Waals surface area contributed by atoms with E-state index in [9.17, 15) is 10.2 Å². The summed E-state index contributed by atoms with van der Waals surface area (Å²) < 4.78 is 5.93. The fourth-order valence-corrected chi connectivity index (χ4v) is 3.27. The lowest BCUT2D eigenvalue weighted by atomic mass is 9.94. The Labute approximate surface area is 172 Å². The summed E-state index contributed by atoms with van der Waals surface area (Å²) in [5.74, 6) is 1.03. The maximum atomic E-state index is 10.4. The van der Waals surface area contributed by atoms with Crippen molar-refractivity contribution in [2.45, 2.75) is 31.9 Å². The quantitative estimate of drug-likeness (QED) is 0.506. The lowest BCUT2D eigenvalue weighted by Crippen LogP contribution is -2.46. The van der Waals surface area contributed by atoms with Crippen LogP contribution in [0.25, 0.3) is 11.1 Å². The molecule has 152 valence electrons. The highest BCUT2D eigenvalue weighted by Crippen LogP contribution is 2.29. The first-order chi connectivity index (χ1) is 13.9. The summed E-state index contributed by atoms with van der Waals surface area (Å²) in [7, 11) is 0. The summed E-state index contributed by atoms with van der Waals surface area (Å²) in [5, 5.41) is 23.2. The summed E-state index contributed by atoms with van der Waals surface area (Å²) in [6.07, 6.45) is 0.162. The van der Waals surface area contributed by atoms with Gasteiger partial charge >= 0.3 is 0 Å². The van der Waals surface area contributed by atoms with Gasteiger partial charge in [0.25, 0.3) is 0 Å². The molecule has 0 spiro atoms. The number of phenols is 1. The predicted octanol–water partition coefficient (Wildman–Crippen LogP) is 4.41. The van der Waals surface area contributed by atoms with Crippen LogP contribution in [0, 0.1) is 0 Å². The van der Waals surface area contributed by atoms with E-state index in [1.165, 1.54) is 0 Å². The molecule has 0 aliphatic rings. The van der Waals surface area contributed by atoms with Crippen LogP contribution in [0.15, 0.2) is 78.9 Å². The molecule has 0 saturated heterocycles. The zero-order chi connectivity index (χ0) is 20.7. The molecule has 0 aliphatic carbocycles. The van der Waals surface area contributed by atoms with E-state index in [2.05, 4.69) is 19.2 Å². The second-order valence-corrected chi connectivity index (χ2v) is 7.94. The number of aromatic hydroxyl groups is 1. The molecule has 3 rings (SSSR count). The average molecular weight is 392 g/mol. The third kappa shape index (κ3) is 6.34. The van der Waals surface area contributed by atoms with Crippen LogP contribution in [0.1, 0.15) is 19.4 Å². The van der Waals surface area contributed by atoms with Gasteiger partial charge < -0.3 is 20.3 Å². The summed E-state index contributed by atoms with van der Waals surface area (Å²) in [5.41, 5.74) is 3.04. The molecule has 0 aliphatic heterocycles. The second-order valence-electron chi connectivity index (χ2n) is 7.94. The monoisotopic (exact) mass is 391 g/mol. The van der Waals surface area contributed by atoms with E-state index in [-0.39, 0.29) is 17.9 Å². The Morgan fingerprint density at radius 1 is 0.897 bits per heavy atom. The molecule has 3 aromatic carbocycles. The van der Waals surface area contributed by atoms with Crippen LogP contribution in [0.4, 0.5) is 0 Å². The van der Waals surface area contributed by atoms with Crippen molar-refractivity contribution >= 4 is 0 Å². The fraction of sp³-hybridized carbons (Fsp3) is 0.280. The van der Waals surface area contributed by atoms with Gasteiger partial charge in [0.05, 0.1) is 0 Å². The molecule has 3 aromatic rings. The molecule has 0 bridgehead atoms. The highest BCUT2D eigenvalue weighted by atomic mass is 16.5. The number of phenolic OH excluding ortho intramolecular Hbond substituents is 1. The number of ether oxygens (including phenoxy) is 1. The highest BCUT2D eigenvalue weighted by Gasteiger charge is 2.19. The third-order valence-electron chi connectivity index (χ3n) is 4.80. The van der Waals surface area contributed by atoms with E-state index in [1.807, 2.05) is 66.7 Å². The number of benzene rings is 3.